The Labute approximate surface area is 123 Å². The number of nitrogens with zero attached hydrogens (tertiary/aromatic N) is 1. The van der Waals surface area contributed by atoms with Gasteiger partial charge in [-0.05, 0) is 30.3 Å². The van der Waals surface area contributed by atoms with Crippen LogP contribution in [0.5, 0.6) is 0 Å². The molecule has 0 spiro atoms. The summed E-state index contributed by atoms with van der Waals surface area (Å²) in [5.41, 5.74) is -0.621. The number of aromatic nitrogens is 2. The Morgan fingerprint density at radius 2 is 1.82 bits per heavy atom. The van der Waals surface area contributed by atoms with Crippen molar-refractivity contribution in [3.8, 4) is 0 Å². The van der Waals surface area contributed by atoms with Crippen LogP contribution in [0.1, 0.15) is 10.4 Å². The highest BCUT2D eigenvalue weighted by atomic mass is 16.5. The maximum Gasteiger partial charge on any atom is 0.362 e. The van der Waals surface area contributed by atoms with E-state index in [0.717, 1.165) is 0 Å². The number of benzene rings is 2. The average molecular weight is 297 g/mol. The van der Waals surface area contributed by atoms with Crippen LogP contribution in [0.3, 0.4) is 0 Å². The van der Waals surface area contributed by atoms with Crippen molar-refractivity contribution in [1.82, 2.24) is 9.71 Å². The smallest absolute Gasteiger partial charge is 0.362 e. The van der Waals surface area contributed by atoms with Crippen LogP contribution in [-0.2, 0) is 0 Å². The van der Waals surface area contributed by atoms with E-state index in [1.807, 2.05) is 0 Å². The van der Waals surface area contributed by atoms with Gasteiger partial charge in [-0.3, -0.25) is 9.59 Å². The molecule has 7 nitrogen and oxygen atoms in total. The van der Waals surface area contributed by atoms with Gasteiger partial charge < -0.3 is 15.5 Å². The van der Waals surface area contributed by atoms with Gasteiger partial charge in [-0.15, -0.1) is 0 Å². The van der Waals surface area contributed by atoms with Crippen molar-refractivity contribution in [2.45, 2.75) is 0 Å². The lowest BCUT2D eigenvalue weighted by Gasteiger charge is -2.06. The van der Waals surface area contributed by atoms with Gasteiger partial charge in [0.2, 0.25) is 0 Å². The fourth-order valence-corrected chi connectivity index (χ4v) is 2.08. The second-order valence-corrected chi connectivity index (χ2v) is 4.63. The van der Waals surface area contributed by atoms with E-state index in [-0.39, 0.29) is 21.5 Å². The van der Waals surface area contributed by atoms with Crippen molar-refractivity contribution in [2.24, 2.45) is 0 Å². The van der Waals surface area contributed by atoms with Gasteiger partial charge in [-0.2, -0.15) is 0 Å². The largest absolute Gasteiger partial charge is 0.421 e. The number of carbonyl (C=O) groups excluding carboxylic acids is 1. The second kappa shape index (κ2) is 5.21. The molecule has 0 bridgehead atoms. The van der Waals surface area contributed by atoms with Crippen LogP contribution in [0.25, 0.3) is 10.9 Å². The standard InChI is InChI=1S/C15H11N3O4/c19-13(9-4-2-1-3-5-9)16-10-6-7-11-12(8-10)17-15(21)18(22)14(11)20/h1-8,22H,(H,16,19)(H,17,21). The van der Waals surface area contributed by atoms with E-state index < -0.39 is 11.2 Å². The first-order chi connectivity index (χ1) is 10.6. The molecule has 0 aliphatic heterocycles. The number of nitrogens with one attached hydrogen (secondary N) is 2. The molecule has 0 atom stereocenters. The first-order valence-electron chi connectivity index (χ1n) is 6.41. The molecule has 3 rings (SSSR count). The SMILES string of the molecule is O=C(Nc1ccc2c(=O)n(O)c(=O)[nH]c2c1)c1ccccc1. The normalized spacial score (nSPS) is 10.5. The highest BCUT2D eigenvalue weighted by Crippen LogP contribution is 2.14. The molecule has 1 amide bonds. The molecule has 0 fully saturated rings. The number of carbonyl (C=O) groups is 1. The van der Waals surface area contributed by atoms with Crippen molar-refractivity contribution in [2.75, 3.05) is 5.32 Å². The Bertz CT molecular complexity index is 973. The molecule has 22 heavy (non-hydrogen) atoms. The summed E-state index contributed by atoms with van der Waals surface area (Å²) in [5, 5.41) is 12.1. The molecule has 0 saturated heterocycles. The van der Waals surface area contributed by atoms with Crippen molar-refractivity contribution in [1.29, 1.82) is 0 Å². The highest BCUT2D eigenvalue weighted by molar-refractivity contribution is 6.04. The average Bonchev–Trinajstić information content (AvgIpc) is 2.53. The maximum atomic E-state index is 12.0. The predicted molar refractivity (Wildman–Crippen MR) is 80.4 cm³/mol. The summed E-state index contributed by atoms with van der Waals surface area (Å²) < 4.78 is 0.00452. The molecule has 0 radical (unpaired) electrons. The molecule has 2 aromatic carbocycles. The van der Waals surface area contributed by atoms with E-state index in [0.29, 0.717) is 11.3 Å². The van der Waals surface area contributed by atoms with Crippen LogP contribution in [0.15, 0.2) is 58.1 Å². The van der Waals surface area contributed by atoms with Gasteiger partial charge in [-0.1, -0.05) is 22.9 Å². The Kier molecular flexibility index (Phi) is 3.23. The van der Waals surface area contributed by atoms with Gasteiger partial charge in [0.25, 0.3) is 11.5 Å². The van der Waals surface area contributed by atoms with E-state index in [4.69, 9.17) is 0 Å². The van der Waals surface area contributed by atoms with Gasteiger partial charge in [0.15, 0.2) is 0 Å². The summed E-state index contributed by atoms with van der Waals surface area (Å²) in [6.07, 6.45) is 0. The van der Waals surface area contributed by atoms with E-state index >= 15 is 0 Å². The van der Waals surface area contributed by atoms with Gasteiger partial charge in [-0.25, -0.2) is 4.79 Å². The van der Waals surface area contributed by atoms with E-state index in [1.54, 1.807) is 30.3 Å². The number of rotatable bonds is 2. The van der Waals surface area contributed by atoms with Crippen LogP contribution in [0.2, 0.25) is 0 Å². The summed E-state index contributed by atoms with van der Waals surface area (Å²) in [6, 6.07) is 13.0. The van der Waals surface area contributed by atoms with Crippen LogP contribution in [0, 0.1) is 0 Å². The topological polar surface area (TPSA) is 104 Å². The van der Waals surface area contributed by atoms with Crippen LogP contribution in [-0.4, -0.2) is 20.8 Å². The lowest BCUT2D eigenvalue weighted by Crippen LogP contribution is -2.33. The summed E-state index contributed by atoms with van der Waals surface area (Å²) in [7, 11) is 0. The molecule has 1 heterocycles. The van der Waals surface area contributed by atoms with Crippen molar-refractivity contribution in [3.63, 3.8) is 0 Å². The number of aromatic amines is 1. The molecule has 0 aliphatic carbocycles. The Hall–Kier alpha value is -3.35. The molecule has 3 N–H and O–H groups in total. The number of amides is 1. The van der Waals surface area contributed by atoms with Crippen LogP contribution in [0.4, 0.5) is 5.69 Å². The molecule has 110 valence electrons. The minimum absolute atomic E-state index is 0.00452. The van der Waals surface area contributed by atoms with Gasteiger partial charge in [0.1, 0.15) is 0 Å². The summed E-state index contributed by atoms with van der Waals surface area (Å²) in [5.74, 6) is -0.308. The molecular weight excluding hydrogens is 286 g/mol. The number of anilines is 1. The number of hydrogen-bond donors (Lipinski definition) is 3. The van der Waals surface area contributed by atoms with Crippen LogP contribution >= 0.6 is 0 Å². The fourth-order valence-electron chi connectivity index (χ4n) is 2.08. The highest BCUT2D eigenvalue weighted by Gasteiger charge is 2.09. The van der Waals surface area contributed by atoms with E-state index in [9.17, 15) is 19.6 Å². The fraction of sp³-hybridized carbons (Fsp3) is 0. The van der Waals surface area contributed by atoms with Crippen molar-refractivity contribution in [3.05, 3.63) is 74.9 Å². The van der Waals surface area contributed by atoms with Crippen molar-refractivity contribution < 1.29 is 10.0 Å². The quantitative estimate of drug-likeness (QED) is 0.618. The third-order valence-corrected chi connectivity index (χ3v) is 3.17. The molecule has 0 aliphatic rings. The second-order valence-electron chi connectivity index (χ2n) is 4.63. The number of hydrogen-bond acceptors (Lipinski definition) is 4. The molecule has 3 aromatic rings. The maximum absolute atomic E-state index is 12.0. The zero-order valence-corrected chi connectivity index (χ0v) is 11.2. The molecule has 0 saturated carbocycles. The van der Waals surface area contributed by atoms with Crippen LogP contribution < -0.4 is 16.6 Å². The first kappa shape index (κ1) is 13.6. The molecule has 0 unspecified atom stereocenters. The van der Waals surface area contributed by atoms with Gasteiger partial charge in [0.05, 0.1) is 10.9 Å². The number of H-pyrrole nitrogens is 1. The lowest BCUT2D eigenvalue weighted by molar-refractivity contribution is 0.102. The predicted octanol–water partition coefficient (Wildman–Crippen LogP) is 1.18. The first-order valence-corrected chi connectivity index (χ1v) is 6.41. The minimum atomic E-state index is -0.941. The summed E-state index contributed by atoms with van der Waals surface area (Å²) in [4.78, 5) is 37.5. The molecular formula is C15H11N3O4. The molecule has 7 heteroatoms. The Balaban J connectivity index is 2.00. The zero-order chi connectivity index (χ0) is 15.7. The molecule has 1 aromatic heterocycles. The Morgan fingerprint density at radius 3 is 2.55 bits per heavy atom. The monoisotopic (exact) mass is 297 g/mol. The third kappa shape index (κ3) is 2.35. The minimum Gasteiger partial charge on any atom is -0.421 e. The Morgan fingerprint density at radius 1 is 1.09 bits per heavy atom. The summed E-state index contributed by atoms with van der Waals surface area (Å²) in [6.45, 7) is 0. The zero-order valence-electron chi connectivity index (χ0n) is 11.2. The third-order valence-electron chi connectivity index (χ3n) is 3.17. The van der Waals surface area contributed by atoms with E-state index in [1.165, 1.54) is 18.2 Å². The summed E-state index contributed by atoms with van der Waals surface area (Å²) >= 11 is 0. The number of fused-ring (bicyclic) bond motifs is 1. The van der Waals surface area contributed by atoms with Gasteiger partial charge in [0, 0.05) is 11.3 Å². The van der Waals surface area contributed by atoms with Crippen molar-refractivity contribution >= 4 is 22.5 Å². The van der Waals surface area contributed by atoms with E-state index in [2.05, 4.69) is 10.3 Å². The lowest BCUT2D eigenvalue weighted by atomic mass is 10.2. The van der Waals surface area contributed by atoms with Gasteiger partial charge >= 0.3 is 5.69 Å².